The zero-order chi connectivity index (χ0) is 18.0. The molecule has 0 saturated carbocycles. The first-order chi connectivity index (χ1) is 11.9. The second-order valence-corrected chi connectivity index (χ2v) is 8.33. The molecule has 7 heteroatoms. The van der Waals surface area contributed by atoms with Crippen molar-refractivity contribution in [1.29, 1.82) is 0 Å². The number of fused-ring (bicyclic) bond motifs is 1. The minimum Gasteiger partial charge on any atom is -0.351 e. The molecule has 130 valence electrons. The molecule has 1 aromatic heterocycles. The fourth-order valence-corrected chi connectivity index (χ4v) is 2.94. The van der Waals surface area contributed by atoms with E-state index in [1.807, 2.05) is 53.1 Å². The maximum atomic E-state index is 11.9. The number of hydrogen-bond donors (Lipinski definition) is 1. The van der Waals surface area contributed by atoms with E-state index < -0.39 is 21.0 Å². The molecular weight excluding hydrogens is 338 g/mol. The Morgan fingerprint density at radius 3 is 2.52 bits per heavy atom. The molecule has 0 bridgehead atoms. The van der Waals surface area contributed by atoms with Gasteiger partial charge in [-0.25, -0.2) is 13.4 Å². The number of amides is 1. The van der Waals surface area contributed by atoms with Crippen molar-refractivity contribution in [3.8, 4) is 5.69 Å². The minimum absolute atomic E-state index is 0.281. The smallest absolute Gasteiger partial charge is 0.238 e. The van der Waals surface area contributed by atoms with E-state index >= 15 is 0 Å². The molecule has 6 nitrogen and oxygen atoms in total. The summed E-state index contributed by atoms with van der Waals surface area (Å²) in [4.78, 5) is 16.2. The minimum atomic E-state index is -3.39. The van der Waals surface area contributed by atoms with Crippen molar-refractivity contribution in [2.45, 2.75) is 18.7 Å². The van der Waals surface area contributed by atoms with Crippen LogP contribution in [-0.2, 0) is 21.2 Å². The Bertz CT molecular complexity index is 1010. The summed E-state index contributed by atoms with van der Waals surface area (Å²) < 4.78 is 24.8. The topological polar surface area (TPSA) is 81.1 Å². The van der Waals surface area contributed by atoms with Gasteiger partial charge in [0.15, 0.2) is 9.84 Å². The number of para-hydroxylation sites is 2. The molecule has 1 amide bonds. The third-order valence-corrected chi connectivity index (χ3v) is 5.64. The van der Waals surface area contributed by atoms with Gasteiger partial charge in [0.1, 0.15) is 11.6 Å². The van der Waals surface area contributed by atoms with E-state index in [0.29, 0.717) is 0 Å². The van der Waals surface area contributed by atoms with Crippen molar-refractivity contribution in [2.24, 2.45) is 0 Å². The number of benzene rings is 2. The van der Waals surface area contributed by atoms with Crippen molar-refractivity contribution >= 4 is 26.8 Å². The van der Waals surface area contributed by atoms with Crippen molar-refractivity contribution in [2.75, 3.05) is 6.26 Å². The highest BCUT2D eigenvalue weighted by Crippen LogP contribution is 2.18. The number of carbonyl (C=O) groups is 1. The summed E-state index contributed by atoms with van der Waals surface area (Å²) >= 11 is 0. The summed E-state index contributed by atoms with van der Waals surface area (Å²) in [5.41, 5.74) is 3.80. The van der Waals surface area contributed by atoms with Crippen LogP contribution in [0.2, 0.25) is 0 Å². The lowest BCUT2D eigenvalue weighted by molar-refractivity contribution is -0.120. The van der Waals surface area contributed by atoms with Crippen LogP contribution >= 0.6 is 0 Å². The summed E-state index contributed by atoms with van der Waals surface area (Å²) in [5, 5.41) is 1.60. The molecule has 0 spiro atoms. The van der Waals surface area contributed by atoms with Crippen LogP contribution in [0.1, 0.15) is 12.5 Å². The quantitative estimate of drug-likeness (QED) is 0.758. The Kier molecular flexibility index (Phi) is 4.59. The van der Waals surface area contributed by atoms with E-state index in [1.54, 1.807) is 6.33 Å². The van der Waals surface area contributed by atoms with Gasteiger partial charge >= 0.3 is 0 Å². The third kappa shape index (κ3) is 3.71. The van der Waals surface area contributed by atoms with Crippen LogP contribution in [0.3, 0.4) is 0 Å². The Labute approximate surface area is 146 Å². The average Bonchev–Trinajstić information content (AvgIpc) is 3.03. The van der Waals surface area contributed by atoms with Gasteiger partial charge in [0, 0.05) is 18.5 Å². The van der Waals surface area contributed by atoms with Crippen LogP contribution in [0.5, 0.6) is 0 Å². The average molecular weight is 357 g/mol. The van der Waals surface area contributed by atoms with E-state index in [1.165, 1.54) is 6.92 Å². The van der Waals surface area contributed by atoms with Gasteiger partial charge in [0.05, 0.1) is 11.0 Å². The highest BCUT2D eigenvalue weighted by atomic mass is 32.2. The number of hydrogen-bond acceptors (Lipinski definition) is 4. The van der Waals surface area contributed by atoms with Crippen molar-refractivity contribution in [1.82, 2.24) is 14.9 Å². The first-order valence-corrected chi connectivity index (χ1v) is 9.80. The molecule has 0 aliphatic carbocycles. The lowest BCUT2D eigenvalue weighted by Gasteiger charge is -2.11. The second kappa shape index (κ2) is 6.68. The lowest BCUT2D eigenvalue weighted by atomic mass is 10.2. The Morgan fingerprint density at radius 1 is 1.16 bits per heavy atom. The molecule has 0 aliphatic heterocycles. The van der Waals surface area contributed by atoms with Gasteiger partial charge in [-0.1, -0.05) is 24.3 Å². The molecule has 3 rings (SSSR count). The van der Waals surface area contributed by atoms with E-state index in [9.17, 15) is 13.2 Å². The van der Waals surface area contributed by atoms with Crippen LogP contribution in [0, 0.1) is 0 Å². The number of imidazole rings is 1. The predicted molar refractivity (Wildman–Crippen MR) is 97.2 cm³/mol. The van der Waals surface area contributed by atoms with Crippen LogP contribution in [0.25, 0.3) is 16.7 Å². The summed E-state index contributed by atoms with van der Waals surface area (Å²) in [5.74, 6) is -0.493. The summed E-state index contributed by atoms with van der Waals surface area (Å²) in [6.07, 6.45) is 2.83. The molecular formula is C18H19N3O3S. The molecule has 1 heterocycles. The Morgan fingerprint density at radius 2 is 1.84 bits per heavy atom. The molecule has 1 atom stereocenters. The lowest BCUT2D eigenvalue weighted by Crippen LogP contribution is -2.36. The molecule has 0 unspecified atom stereocenters. The standard InChI is InChI=1S/C18H19N3O3S/c1-13(25(2,23)24)18(22)19-11-14-7-9-15(10-8-14)21-12-20-16-5-3-4-6-17(16)21/h3-10,12-13H,11H2,1-2H3,(H,19,22)/t13-/m0/s1. The van der Waals surface area contributed by atoms with Crippen molar-refractivity contribution in [3.63, 3.8) is 0 Å². The van der Waals surface area contributed by atoms with E-state index in [-0.39, 0.29) is 6.54 Å². The van der Waals surface area contributed by atoms with Gasteiger partial charge in [-0.05, 0) is 36.8 Å². The summed E-state index contributed by atoms with van der Waals surface area (Å²) in [6, 6.07) is 15.5. The van der Waals surface area contributed by atoms with Gasteiger partial charge < -0.3 is 5.32 Å². The fraction of sp³-hybridized carbons (Fsp3) is 0.222. The number of carbonyl (C=O) groups excluding carboxylic acids is 1. The van der Waals surface area contributed by atoms with Crippen LogP contribution in [0.15, 0.2) is 54.9 Å². The largest absolute Gasteiger partial charge is 0.351 e. The number of aromatic nitrogens is 2. The van der Waals surface area contributed by atoms with Crippen molar-refractivity contribution in [3.05, 3.63) is 60.4 Å². The van der Waals surface area contributed by atoms with E-state index in [0.717, 1.165) is 28.5 Å². The Balaban J connectivity index is 1.72. The third-order valence-electron chi connectivity index (χ3n) is 4.15. The van der Waals surface area contributed by atoms with Gasteiger partial charge in [-0.2, -0.15) is 0 Å². The number of nitrogens with one attached hydrogen (secondary N) is 1. The van der Waals surface area contributed by atoms with Crippen LogP contribution in [0.4, 0.5) is 0 Å². The molecule has 0 fully saturated rings. The second-order valence-electron chi connectivity index (χ2n) is 5.96. The first kappa shape index (κ1) is 17.2. The zero-order valence-corrected chi connectivity index (χ0v) is 14.8. The number of rotatable bonds is 5. The molecule has 3 aromatic rings. The first-order valence-electron chi connectivity index (χ1n) is 7.84. The van der Waals surface area contributed by atoms with Gasteiger partial charge in [0.25, 0.3) is 0 Å². The number of sulfone groups is 1. The molecule has 0 saturated heterocycles. The van der Waals surface area contributed by atoms with E-state index in [2.05, 4.69) is 10.3 Å². The van der Waals surface area contributed by atoms with Gasteiger partial charge in [-0.3, -0.25) is 9.36 Å². The monoisotopic (exact) mass is 357 g/mol. The molecule has 0 aliphatic rings. The maximum Gasteiger partial charge on any atom is 0.238 e. The highest BCUT2D eigenvalue weighted by molar-refractivity contribution is 7.92. The van der Waals surface area contributed by atoms with Crippen LogP contribution < -0.4 is 5.32 Å². The Hall–Kier alpha value is -2.67. The molecule has 25 heavy (non-hydrogen) atoms. The molecule has 2 aromatic carbocycles. The normalized spacial score (nSPS) is 12.9. The van der Waals surface area contributed by atoms with Gasteiger partial charge in [-0.15, -0.1) is 0 Å². The summed E-state index contributed by atoms with van der Waals surface area (Å²) in [6.45, 7) is 1.67. The zero-order valence-electron chi connectivity index (χ0n) is 14.0. The fourth-order valence-electron chi connectivity index (χ4n) is 2.47. The number of nitrogens with zero attached hydrogens (tertiary/aromatic N) is 2. The van der Waals surface area contributed by atoms with Gasteiger partial charge in [0.2, 0.25) is 5.91 Å². The maximum absolute atomic E-state index is 11.9. The van der Waals surface area contributed by atoms with Crippen LogP contribution in [-0.4, -0.2) is 35.4 Å². The molecule has 0 radical (unpaired) electrons. The predicted octanol–water partition coefficient (Wildman–Crippen LogP) is 2.07. The van der Waals surface area contributed by atoms with Crippen molar-refractivity contribution < 1.29 is 13.2 Å². The summed E-state index contributed by atoms with van der Waals surface area (Å²) in [7, 11) is -3.39. The van der Waals surface area contributed by atoms with E-state index in [4.69, 9.17) is 0 Å². The highest BCUT2D eigenvalue weighted by Gasteiger charge is 2.22. The SMILES string of the molecule is C[C@@H](C(=O)NCc1ccc(-n2cnc3ccccc32)cc1)S(C)(=O)=O. The molecule has 1 N–H and O–H groups in total.